The van der Waals surface area contributed by atoms with Crippen molar-refractivity contribution in [2.75, 3.05) is 13.1 Å². The molecule has 0 bridgehead atoms. The maximum atomic E-state index is 5.86. The lowest BCUT2D eigenvalue weighted by molar-refractivity contribution is -0.937. The van der Waals surface area contributed by atoms with Crippen LogP contribution < -0.4 is 4.90 Å². The number of nitrogens with zero attached hydrogens (tertiary/aromatic N) is 3. The van der Waals surface area contributed by atoms with Crippen LogP contribution >= 0.6 is 28.1 Å². The van der Waals surface area contributed by atoms with Crippen molar-refractivity contribution in [2.24, 2.45) is 0 Å². The minimum absolute atomic E-state index is 0.236. The number of ether oxygens (including phenoxy) is 1. The topological polar surface area (TPSA) is 49.6 Å². The Balaban J connectivity index is 1.68. The molecule has 1 aliphatic heterocycles. The van der Waals surface area contributed by atoms with E-state index in [1.165, 1.54) is 10.5 Å². The number of nitrogens with one attached hydrogen (secondary N) is 1. The Hall–Kier alpha value is -1.74. The van der Waals surface area contributed by atoms with Crippen molar-refractivity contribution in [3.63, 3.8) is 0 Å². The fraction of sp³-hybridized carbons (Fsp3) is 0.400. The molecule has 0 unspecified atom stereocenters. The Morgan fingerprint density at radius 3 is 2.50 bits per heavy atom. The lowest BCUT2D eigenvalue weighted by atomic mass is 10.2. The van der Waals surface area contributed by atoms with Crippen molar-refractivity contribution in [1.29, 1.82) is 0 Å². The van der Waals surface area contributed by atoms with Crippen LogP contribution in [-0.4, -0.2) is 39.6 Å². The zero-order valence-electron chi connectivity index (χ0n) is 16.0. The summed E-state index contributed by atoms with van der Waals surface area (Å²) in [7, 11) is 0. The molecule has 1 aliphatic rings. The first-order valence-corrected chi connectivity index (χ1v) is 10.7. The van der Waals surface area contributed by atoms with Crippen LogP contribution in [0.15, 0.2) is 51.6 Å². The maximum Gasteiger partial charge on any atom is 0.203 e. The van der Waals surface area contributed by atoms with Gasteiger partial charge in [0, 0.05) is 0 Å². The Bertz CT molecular complexity index is 987. The molecule has 0 saturated carbocycles. The molecule has 0 aliphatic carbocycles. The molecule has 6 nitrogen and oxygen atoms in total. The third kappa shape index (κ3) is 4.30. The molecule has 8 heteroatoms. The summed E-state index contributed by atoms with van der Waals surface area (Å²) in [4.78, 5) is 1.42. The standard InChI is InChI=1S/C20H23BrN4O2S/c1-14-10-23(11-15(2)26-14)13-25-20(28)24(12-16-6-4-3-5-7-16)19(22-25)17-8-9-18(21)27-17/h3-9,14-15H,10-13H2,1-2H3/p+1/t14-,15-/m1/s1. The van der Waals surface area contributed by atoms with Gasteiger partial charge in [-0.05, 0) is 59.7 Å². The normalized spacial score (nSPS) is 22.5. The summed E-state index contributed by atoms with van der Waals surface area (Å²) in [5.74, 6) is 1.44. The van der Waals surface area contributed by atoms with Crippen LogP contribution in [0.1, 0.15) is 19.4 Å². The molecule has 3 heterocycles. The molecule has 1 saturated heterocycles. The van der Waals surface area contributed by atoms with Crippen molar-refractivity contribution >= 4 is 28.1 Å². The Kier molecular flexibility index (Phi) is 5.82. The van der Waals surface area contributed by atoms with Crippen LogP contribution in [-0.2, 0) is 18.0 Å². The van der Waals surface area contributed by atoms with Gasteiger partial charge in [0.25, 0.3) is 0 Å². The minimum atomic E-state index is 0.236. The van der Waals surface area contributed by atoms with E-state index in [4.69, 9.17) is 26.5 Å². The Morgan fingerprint density at radius 1 is 1.14 bits per heavy atom. The van der Waals surface area contributed by atoms with E-state index in [-0.39, 0.29) is 12.2 Å². The maximum absolute atomic E-state index is 5.86. The predicted molar refractivity (Wildman–Crippen MR) is 113 cm³/mol. The number of hydrogen-bond acceptors (Lipinski definition) is 4. The highest BCUT2D eigenvalue weighted by atomic mass is 79.9. The van der Waals surface area contributed by atoms with Crippen LogP contribution in [0.4, 0.5) is 0 Å². The van der Waals surface area contributed by atoms with Gasteiger partial charge in [-0.3, -0.25) is 4.57 Å². The molecule has 0 amide bonds. The molecule has 148 valence electrons. The SMILES string of the molecule is C[C@@H]1C[NH+](Cn2nc(-c3ccc(Br)o3)n(Cc3ccccc3)c2=S)C[C@@H](C)O1. The lowest BCUT2D eigenvalue weighted by Crippen LogP contribution is -3.14. The van der Waals surface area contributed by atoms with Gasteiger partial charge in [-0.25, -0.2) is 0 Å². The highest BCUT2D eigenvalue weighted by Gasteiger charge is 2.27. The lowest BCUT2D eigenvalue weighted by Gasteiger charge is -2.32. The van der Waals surface area contributed by atoms with E-state index in [0.717, 1.165) is 18.9 Å². The van der Waals surface area contributed by atoms with Crippen LogP contribution in [0.3, 0.4) is 0 Å². The summed E-state index contributed by atoms with van der Waals surface area (Å²) in [5.41, 5.74) is 1.17. The number of morpholine rings is 1. The molecule has 0 spiro atoms. The van der Waals surface area contributed by atoms with E-state index < -0.39 is 0 Å². The molecule has 1 N–H and O–H groups in total. The van der Waals surface area contributed by atoms with Gasteiger partial charge in [0.15, 0.2) is 22.9 Å². The highest BCUT2D eigenvalue weighted by Crippen LogP contribution is 2.25. The van der Waals surface area contributed by atoms with Crippen LogP contribution in [0, 0.1) is 4.77 Å². The quantitative estimate of drug-likeness (QED) is 0.590. The van der Waals surface area contributed by atoms with Crippen LogP contribution in [0.2, 0.25) is 0 Å². The summed E-state index contributed by atoms with van der Waals surface area (Å²) in [6.45, 7) is 7.49. The van der Waals surface area contributed by atoms with E-state index >= 15 is 0 Å². The number of quaternary nitrogens is 1. The summed E-state index contributed by atoms with van der Waals surface area (Å²) in [6, 6.07) is 14.1. The minimum Gasteiger partial charge on any atom is -0.446 e. The second kappa shape index (κ2) is 8.32. The molecule has 4 rings (SSSR count). The van der Waals surface area contributed by atoms with Gasteiger partial charge in [-0.15, -0.1) is 5.10 Å². The van der Waals surface area contributed by atoms with Gasteiger partial charge in [0.1, 0.15) is 25.3 Å². The third-order valence-electron chi connectivity index (χ3n) is 4.89. The van der Waals surface area contributed by atoms with Gasteiger partial charge in [0.05, 0.1) is 6.54 Å². The smallest absolute Gasteiger partial charge is 0.203 e. The molecular formula is C20H24BrN4O2S+. The molecule has 0 radical (unpaired) electrons. The van der Waals surface area contributed by atoms with E-state index in [0.29, 0.717) is 28.4 Å². The van der Waals surface area contributed by atoms with Gasteiger partial charge < -0.3 is 14.1 Å². The molecule has 28 heavy (non-hydrogen) atoms. The predicted octanol–water partition coefficient (Wildman–Crippen LogP) is 3.13. The van der Waals surface area contributed by atoms with Crippen molar-refractivity contribution < 1.29 is 14.1 Å². The third-order valence-corrected chi connectivity index (χ3v) is 5.75. The number of rotatable bonds is 5. The zero-order valence-corrected chi connectivity index (χ0v) is 18.4. The van der Waals surface area contributed by atoms with Crippen LogP contribution in [0.25, 0.3) is 11.6 Å². The fourth-order valence-corrected chi connectivity index (χ4v) is 4.36. The second-order valence-corrected chi connectivity index (χ2v) is 8.50. The first-order valence-electron chi connectivity index (χ1n) is 9.46. The van der Waals surface area contributed by atoms with E-state index in [1.54, 1.807) is 0 Å². The average molecular weight is 464 g/mol. The van der Waals surface area contributed by atoms with E-state index in [9.17, 15) is 0 Å². The highest BCUT2D eigenvalue weighted by molar-refractivity contribution is 9.10. The van der Waals surface area contributed by atoms with Crippen molar-refractivity contribution in [3.8, 4) is 11.6 Å². The summed E-state index contributed by atoms with van der Waals surface area (Å²) in [5, 5.41) is 4.83. The number of halogens is 1. The van der Waals surface area contributed by atoms with Crippen molar-refractivity contribution in [1.82, 2.24) is 14.3 Å². The fourth-order valence-electron chi connectivity index (χ4n) is 3.80. The Labute approximate surface area is 177 Å². The van der Waals surface area contributed by atoms with Gasteiger partial charge in [0.2, 0.25) is 4.77 Å². The number of furan rings is 1. The van der Waals surface area contributed by atoms with Gasteiger partial charge in [-0.2, -0.15) is 4.68 Å². The monoisotopic (exact) mass is 463 g/mol. The number of aromatic nitrogens is 3. The molecule has 1 fully saturated rings. The van der Waals surface area contributed by atoms with E-state index in [1.807, 2.05) is 39.6 Å². The van der Waals surface area contributed by atoms with E-state index in [2.05, 4.69) is 41.9 Å². The molecule has 2 atom stereocenters. The summed E-state index contributed by atoms with van der Waals surface area (Å²) < 4.78 is 17.0. The van der Waals surface area contributed by atoms with Crippen molar-refractivity contribution in [2.45, 2.75) is 39.3 Å². The first kappa shape index (κ1) is 19.6. The van der Waals surface area contributed by atoms with Crippen LogP contribution in [0.5, 0.6) is 0 Å². The molecule has 1 aromatic carbocycles. The Morgan fingerprint density at radius 2 is 1.86 bits per heavy atom. The van der Waals surface area contributed by atoms with Crippen molar-refractivity contribution in [3.05, 3.63) is 57.5 Å². The second-order valence-electron chi connectivity index (χ2n) is 7.35. The first-order chi connectivity index (χ1) is 13.5. The average Bonchev–Trinajstić information content (AvgIpc) is 3.20. The summed E-state index contributed by atoms with van der Waals surface area (Å²) in [6.07, 6.45) is 0.472. The molecule has 3 aromatic rings. The largest absolute Gasteiger partial charge is 0.446 e. The number of hydrogen-bond donors (Lipinski definition) is 1. The van der Waals surface area contributed by atoms with Gasteiger partial charge >= 0.3 is 0 Å². The zero-order chi connectivity index (χ0) is 19.7. The molecular weight excluding hydrogens is 440 g/mol. The molecule has 2 aromatic heterocycles. The number of benzene rings is 1. The summed E-state index contributed by atoms with van der Waals surface area (Å²) >= 11 is 9.20. The van der Waals surface area contributed by atoms with Gasteiger partial charge in [-0.1, -0.05) is 30.3 Å².